The highest BCUT2D eigenvalue weighted by Crippen LogP contribution is 2.22. The molecule has 1 unspecified atom stereocenters. The molecule has 1 aromatic heterocycles. The van der Waals surface area contributed by atoms with E-state index >= 15 is 0 Å². The van der Waals surface area contributed by atoms with Gasteiger partial charge in [-0.15, -0.1) is 11.3 Å². The highest BCUT2D eigenvalue weighted by atomic mass is 79.9. The SMILES string of the molecule is CCCCCCC(Cc1cc(Br)cs1)NCCC. The molecule has 0 aromatic carbocycles. The summed E-state index contributed by atoms with van der Waals surface area (Å²) in [4.78, 5) is 1.49. The molecular formula is C15H26BrNS. The Hall–Kier alpha value is 0.140. The Morgan fingerprint density at radius 3 is 2.67 bits per heavy atom. The lowest BCUT2D eigenvalue weighted by molar-refractivity contribution is 0.455. The van der Waals surface area contributed by atoms with Crippen molar-refractivity contribution in [2.24, 2.45) is 0 Å². The van der Waals surface area contributed by atoms with Crippen LogP contribution >= 0.6 is 27.3 Å². The number of rotatable bonds is 10. The number of thiophene rings is 1. The van der Waals surface area contributed by atoms with Crippen molar-refractivity contribution in [3.63, 3.8) is 0 Å². The fraction of sp³-hybridized carbons (Fsp3) is 0.733. The summed E-state index contributed by atoms with van der Waals surface area (Å²) in [5.41, 5.74) is 0. The quantitative estimate of drug-likeness (QED) is 0.566. The van der Waals surface area contributed by atoms with Crippen LogP contribution in [0, 0.1) is 0 Å². The van der Waals surface area contributed by atoms with Gasteiger partial charge in [-0.25, -0.2) is 0 Å². The molecule has 0 amide bonds. The molecule has 104 valence electrons. The Morgan fingerprint density at radius 2 is 2.06 bits per heavy atom. The minimum Gasteiger partial charge on any atom is -0.314 e. The van der Waals surface area contributed by atoms with Gasteiger partial charge in [-0.3, -0.25) is 0 Å². The molecule has 1 atom stereocenters. The molecular weight excluding hydrogens is 306 g/mol. The van der Waals surface area contributed by atoms with Crippen LogP contribution in [0.3, 0.4) is 0 Å². The molecule has 0 aliphatic heterocycles. The van der Waals surface area contributed by atoms with Gasteiger partial charge in [0.1, 0.15) is 0 Å². The summed E-state index contributed by atoms with van der Waals surface area (Å²) in [6.45, 7) is 5.66. The first-order valence-electron chi connectivity index (χ1n) is 7.22. The summed E-state index contributed by atoms with van der Waals surface area (Å²) in [5.74, 6) is 0. The van der Waals surface area contributed by atoms with Gasteiger partial charge in [0.2, 0.25) is 0 Å². The summed E-state index contributed by atoms with van der Waals surface area (Å²) in [7, 11) is 0. The predicted molar refractivity (Wildman–Crippen MR) is 86.6 cm³/mol. The van der Waals surface area contributed by atoms with E-state index in [2.05, 4.69) is 46.5 Å². The smallest absolute Gasteiger partial charge is 0.0285 e. The topological polar surface area (TPSA) is 12.0 Å². The van der Waals surface area contributed by atoms with E-state index in [4.69, 9.17) is 0 Å². The van der Waals surface area contributed by atoms with Crippen LogP contribution in [-0.4, -0.2) is 12.6 Å². The molecule has 1 heterocycles. The van der Waals surface area contributed by atoms with Crippen LogP contribution in [0.4, 0.5) is 0 Å². The highest BCUT2D eigenvalue weighted by molar-refractivity contribution is 9.10. The average Bonchev–Trinajstić information content (AvgIpc) is 2.77. The largest absolute Gasteiger partial charge is 0.314 e. The fourth-order valence-corrected chi connectivity index (χ4v) is 3.68. The number of hydrogen-bond acceptors (Lipinski definition) is 2. The molecule has 0 aliphatic carbocycles. The van der Waals surface area contributed by atoms with Crippen molar-refractivity contribution in [2.75, 3.05) is 6.54 Å². The van der Waals surface area contributed by atoms with Gasteiger partial charge in [-0.05, 0) is 47.8 Å². The summed E-state index contributed by atoms with van der Waals surface area (Å²) < 4.78 is 1.22. The van der Waals surface area contributed by atoms with Crippen LogP contribution in [0.1, 0.15) is 57.2 Å². The molecule has 0 fully saturated rings. The zero-order valence-electron chi connectivity index (χ0n) is 11.7. The van der Waals surface area contributed by atoms with E-state index in [-0.39, 0.29) is 0 Å². The van der Waals surface area contributed by atoms with Crippen LogP contribution < -0.4 is 5.32 Å². The lowest BCUT2D eigenvalue weighted by atomic mass is 10.0. The normalized spacial score (nSPS) is 12.8. The van der Waals surface area contributed by atoms with E-state index in [1.54, 1.807) is 0 Å². The van der Waals surface area contributed by atoms with Crippen LogP contribution in [-0.2, 0) is 6.42 Å². The highest BCUT2D eigenvalue weighted by Gasteiger charge is 2.10. The lowest BCUT2D eigenvalue weighted by Gasteiger charge is -2.17. The van der Waals surface area contributed by atoms with Gasteiger partial charge in [0, 0.05) is 20.8 Å². The van der Waals surface area contributed by atoms with E-state index in [9.17, 15) is 0 Å². The Morgan fingerprint density at radius 1 is 1.22 bits per heavy atom. The van der Waals surface area contributed by atoms with E-state index < -0.39 is 0 Å². The zero-order chi connectivity index (χ0) is 13.2. The van der Waals surface area contributed by atoms with E-state index in [0.717, 1.165) is 6.54 Å². The molecule has 0 aliphatic rings. The molecule has 0 radical (unpaired) electrons. The van der Waals surface area contributed by atoms with Crippen LogP contribution in [0.15, 0.2) is 15.9 Å². The van der Waals surface area contributed by atoms with Crippen LogP contribution in [0.2, 0.25) is 0 Å². The van der Waals surface area contributed by atoms with Crippen molar-refractivity contribution >= 4 is 27.3 Å². The van der Waals surface area contributed by atoms with Crippen molar-refractivity contribution < 1.29 is 0 Å². The molecule has 0 spiro atoms. The third-order valence-electron chi connectivity index (χ3n) is 3.16. The monoisotopic (exact) mass is 331 g/mol. The first kappa shape index (κ1) is 16.2. The molecule has 0 saturated heterocycles. The zero-order valence-corrected chi connectivity index (χ0v) is 14.1. The molecule has 1 N–H and O–H groups in total. The van der Waals surface area contributed by atoms with Crippen molar-refractivity contribution in [3.8, 4) is 0 Å². The molecule has 1 aromatic rings. The first-order chi connectivity index (χ1) is 8.76. The van der Waals surface area contributed by atoms with Gasteiger partial charge >= 0.3 is 0 Å². The minimum atomic E-state index is 0.660. The number of hydrogen-bond donors (Lipinski definition) is 1. The summed E-state index contributed by atoms with van der Waals surface area (Å²) in [6, 6.07) is 2.92. The molecule has 1 rings (SSSR count). The second-order valence-electron chi connectivity index (χ2n) is 4.94. The van der Waals surface area contributed by atoms with Gasteiger partial charge in [0.05, 0.1) is 0 Å². The van der Waals surface area contributed by atoms with E-state index in [1.165, 1.54) is 54.3 Å². The number of nitrogens with one attached hydrogen (secondary N) is 1. The average molecular weight is 332 g/mol. The minimum absolute atomic E-state index is 0.660. The predicted octanol–water partition coefficient (Wildman–Crippen LogP) is 5.39. The summed E-state index contributed by atoms with van der Waals surface area (Å²) in [5, 5.41) is 5.88. The van der Waals surface area contributed by atoms with E-state index in [1.807, 2.05) is 11.3 Å². The molecule has 0 saturated carbocycles. The van der Waals surface area contributed by atoms with Gasteiger partial charge in [-0.1, -0.05) is 39.5 Å². The molecule has 18 heavy (non-hydrogen) atoms. The second kappa shape index (κ2) is 9.99. The fourth-order valence-electron chi connectivity index (χ4n) is 2.15. The van der Waals surface area contributed by atoms with Gasteiger partial charge in [0.25, 0.3) is 0 Å². The number of unbranched alkanes of at least 4 members (excludes halogenated alkanes) is 3. The second-order valence-corrected chi connectivity index (χ2v) is 6.85. The standard InChI is InChI=1S/C15H26BrNS/c1-3-5-6-7-8-14(17-9-4-2)11-15-10-13(16)12-18-15/h10,12,14,17H,3-9,11H2,1-2H3. The summed E-state index contributed by atoms with van der Waals surface area (Å²) >= 11 is 5.41. The molecule has 3 heteroatoms. The maximum absolute atomic E-state index is 3.70. The summed E-state index contributed by atoms with van der Waals surface area (Å²) in [6.07, 6.45) is 9.17. The van der Waals surface area contributed by atoms with Crippen molar-refractivity contribution in [1.82, 2.24) is 5.32 Å². The Balaban J connectivity index is 2.34. The molecule has 1 nitrogen and oxygen atoms in total. The maximum atomic E-state index is 3.70. The van der Waals surface area contributed by atoms with Gasteiger partial charge in [-0.2, -0.15) is 0 Å². The Kier molecular flexibility index (Phi) is 8.99. The molecule has 0 bridgehead atoms. The van der Waals surface area contributed by atoms with Crippen molar-refractivity contribution in [2.45, 2.75) is 64.8 Å². The third-order valence-corrected chi connectivity index (χ3v) is 4.88. The third kappa shape index (κ3) is 6.91. The maximum Gasteiger partial charge on any atom is 0.0285 e. The van der Waals surface area contributed by atoms with Gasteiger partial charge < -0.3 is 5.32 Å². The van der Waals surface area contributed by atoms with Crippen LogP contribution in [0.5, 0.6) is 0 Å². The van der Waals surface area contributed by atoms with Crippen molar-refractivity contribution in [3.05, 3.63) is 20.8 Å². The van der Waals surface area contributed by atoms with Gasteiger partial charge in [0.15, 0.2) is 0 Å². The number of halogens is 1. The first-order valence-corrected chi connectivity index (χ1v) is 8.89. The lowest BCUT2D eigenvalue weighted by Crippen LogP contribution is -2.31. The Labute approximate surface area is 125 Å². The Bertz CT molecular complexity index is 311. The van der Waals surface area contributed by atoms with Crippen LogP contribution in [0.25, 0.3) is 0 Å². The van der Waals surface area contributed by atoms with E-state index in [0.29, 0.717) is 6.04 Å². The van der Waals surface area contributed by atoms with Crippen molar-refractivity contribution in [1.29, 1.82) is 0 Å².